The predicted octanol–water partition coefficient (Wildman–Crippen LogP) is 1.86. The molecule has 0 atom stereocenters. The number of hydrogen-bond acceptors (Lipinski definition) is 3. The van der Waals surface area contributed by atoms with Crippen LogP contribution in [0.2, 0.25) is 0 Å². The molecule has 62 valence electrons. The van der Waals surface area contributed by atoms with E-state index < -0.39 is 0 Å². The summed E-state index contributed by atoms with van der Waals surface area (Å²) < 4.78 is 5.14. The highest BCUT2D eigenvalue weighted by molar-refractivity contribution is 7.80. The molecule has 12 heavy (non-hydrogen) atoms. The number of nitrogens with zero attached hydrogens (tertiary/aromatic N) is 1. The maximum Gasteiger partial charge on any atom is 0.147 e. The zero-order valence-corrected chi connectivity index (χ0v) is 7.43. The zero-order valence-electron chi connectivity index (χ0n) is 6.53. The van der Waals surface area contributed by atoms with Gasteiger partial charge in [-0.05, 0) is 12.1 Å². The molecule has 3 nitrogen and oxygen atoms in total. The Kier molecular flexibility index (Phi) is 1.69. The molecule has 0 aliphatic rings. The minimum atomic E-state index is 0.749. The average molecular weight is 180 g/mol. The lowest BCUT2D eigenvalue weighted by Crippen LogP contribution is -1.84. The number of ether oxygens (including phenoxy) is 1. The standard InChI is InChI=1S/C8H8N2OS/c1-11-7-3-5(12)2-6-8(7)10-4-9-6/h2-4,12H,1H3,(H,9,10). The van der Waals surface area contributed by atoms with E-state index in [2.05, 4.69) is 22.6 Å². The van der Waals surface area contributed by atoms with Crippen molar-refractivity contribution < 1.29 is 4.74 Å². The third-order valence-corrected chi connectivity index (χ3v) is 1.95. The summed E-state index contributed by atoms with van der Waals surface area (Å²) in [6.45, 7) is 0. The molecule has 4 heteroatoms. The van der Waals surface area contributed by atoms with E-state index in [-0.39, 0.29) is 0 Å². The number of hydrogen-bond donors (Lipinski definition) is 2. The van der Waals surface area contributed by atoms with E-state index in [0.717, 1.165) is 21.7 Å². The third-order valence-electron chi connectivity index (χ3n) is 1.69. The van der Waals surface area contributed by atoms with E-state index in [1.807, 2.05) is 12.1 Å². The largest absolute Gasteiger partial charge is 0.494 e. The Bertz CT molecular complexity index is 410. The minimum absolute atomic E-state index is 0.749. The van der Waals surface area contributed by atoms with E-state index in [1.54, 1.807) is 13.4 Å². The fourth-order valence-electron chi connectivity index (χ4n) is 1.16. The number of H-pyrrole nitrogens is 1. The van der Waals surface area contributed by atoms with Gasteiger partial charge in [-0.25, -0.2) is 4.98 Å². The van der Waals surface area contributed by atoms with Gasteiger partial charge in [0.15, 0.2) is 0 Å². The quantitative estimate of drug-likeness (QED) is 0.657. The smallest absolute Gasteiger partial charge is 0.147 e. The van der Waals surface area contributed by atoms with Gasteiger partial charge in [-0.15, -0.1) is 12.6 Å². The van der Waals surface area contributed by atoms with Gasteiger partial charge in [0, 0.05) is 4.90 Å². The number of rotatable bonds is 1. The number of thiol groups is 1. The Balaban J connectivity index is 2.80. The van der Waals surface area contributed by atoms with Crippen LogP contribution >= 0.6 is 12.6 Å². The molecular formula is C8H8N2OS. The first-order valence-corrected chi connectivity index (χ1v) is 3.96. The highest BCUT2D eigenvalue weighted by Crippen LogP contribution is 2.25. The molecule has 2 aromatic rings. The summed E-state index contributed by atoms with van der Waals surface area (Å²) in [5.41, 5.74) is 1.79. The van der Waals surface area contributed by atoms with Crippen molar-refractivity contribution in [3.63, 3.8) is 0 Å². The number of nitrogens with one attached hydrogen (secondary N) is 1. The molecule has 1 aromatic carbocycles. The van der Waals surface area contributed by atoms with Gasteiger partial charge in [0.2, 0.25) is 0 Å². The van der Waals surface area contributed by atoms with Gasteiger partial charge in [0.25, 0.3) is 0 Å². The molecule has 1 N–H and O–H groups in total. The predicted molar refractivity (Wildman–Crippen MR) is 49.9 cm³/mol. The normalized spacial score (nSPS) is 10.5. The summed E-state index contributed by atoms with van der Waals surface area (Å²) >= 11 is 4.23. The molecule has 2 rings (SSSR count). The number of aromatic nitrogens is 2. The van der Waals surface area contributed by atoms with Crippen molar-refractivity contribution in [3.8, 4) is 5.75 Å². The van der Waals surface area contributed by atoms with Crippen LogP contribution in [0, 0.1) is 0 Å². The Hall–Kier alpha value is -1.16. The molecule has 1 heterocycles. The SMILES string of the molecule is COc1cc(S)cc2[nH]cnc12. The number of fused-ring (bicyclic) bond motifs is 1. The summed E-state index contributed by atoms with van der Waals surface area (Å²) in [5, 5.41) is 0. The Morgan fingerprint density at radius 2 is 2.33 bits per heavy atom. The molecule has 1 aromatic heterocycles. The second-order valence-corrected chi connectivity index (χ2v) is 2.96. The number of benzene rings is 1. The first kappa shape index (κ1) is 7.49. The van der Waals surface area contributed by atoms with E-state index in [1.165, 1.54) is 0 Å². The Morgan fingerprint density at radius 1 is 1.50 bits per heavy atom. The van der Waals surface area contributed by atoms with Gasteiger partial charge >= 0.3 is 0 Å². The summed E-state index contributed by atoms with van der Waals surface area (Å²) in [7, 11) is 1.62. The average Bonchev–Trinajstić information content (AvgIpc) is 2.50. The fourth-order valence-corrected chi connectivity index (χ4v) is 1.40. The highest BCUT2D eigenvalue weighted by Gasteiger charge is 2.04. The van der Waals surface area contributed by atoms with Crippen molar-refractivity contribution in [1.82, 2.24) is 9.97 Å². The van der Waals surface area contributed by atoms with Crippen LogP contribution in [0.15, 0.2) is 23.4 Å². The van der Waals surface area contributed by atoms with E-state index in [4.69, 9.17) is 4.74 Å². The lowest BCUT2D eigenvalue weighted by molar-refractivity contribution is 0.418. The number of aromatic amines is 1. The van der Waals surface area contributed by atoms with Gasteiger partial charge in [0.1, 0.15) is 11.3 Å². The van der Waals surface area contributed by atoms with Crippen molar-refractivity contribution >= 4 is 23.7 Å². The van der Waals surface area contributed by atoms with Gasteiger partial charge in [-0.1, -0.05) is 0 Å². The first-order valence-electron chi connectivity index (χ1n) is 3.51. The first-order chi connectivity index (χ1) is 5.81. The van der Waals surface area contributed by atoms with Crippen LogP contribution in [-0.2, 0) is 0 Å². The van der Waals surface area contributed by atoms with Gasteiger partial charge < -0.3 is 9.72 Å². The van der Waals surface area contributed by atoms with Gasteiger partial charge in [-0.3, -0.25) is 0 Å². The van der Waals surface area contributed by atoms with Crippen LogP contribution in [-0.4, -0.2) is 17.1 Å². The van der Waals surface area contributed by atoms with Crippen molar-refractivity contribution in [1.29, 1.82) is 0 Å². The molecule has 0 bridgehead atoms. The number of imidazole rings is 1. The zero-order chi connectivity index (χ0) is 8.55. The lowest BCUT2D eigenvalue weighted by Gasteiger charge is -2.00. The Labute approximate surface area is 75.2 Å². The van der Waals surface area contributed by atoms with Crippen molar-refractivity contribution in [2.45, 2.75) is 4.90 Å². The maximum atomic E-state index is 5.14. The molecular weight excluding hydrogens is 172 g/mol. The molecule has 0 saturated carbocycles. The van der Waals surface area contributed by atoms with Gasteiger partial charge in [-0.2, -0.15) is 0 Å². The molecule has 0 radical (unpaired) electrons. The van der Waals surface area contributed by atoms with Crippen molar-refractivity contribution in [2.75, 3.05) is 7.11 Å². The molecule has 0 fully saturated rings. The monoisotopic (exact) mass is 180 g/mol. The van der Waals surface area contributed by atoms with Crippen molar-refractivity contribution in [2.24, 2.45) is 0 Å². The topological polar surface area (TPSA) is 37.9 Å². The second kappa shape index (κ2) is 2.71. The Morgan fingerprint density at radius 3 is 3.08 bits per heavy atom. The third kappa shape index (κ3) is 1.04. The van der Waals surface area contributed by atoms with Crippen LogP contribution < -0.4 is 4.74 Å². The number of methoxy groups -OCH3 is 1. The minimum Gasteiger partial charge on any atom is -0.494 e. The molecule has 0 unspecified atom stereocenters. The summed E-state index contributed by atoms with van der Waals surface area (Å²) in [6.07, 6.45) is 1.64. The molecule has 0 spiro atoms. The summed E-state index contributed by atoms with van der Waals surface area (Å²) in [6, 6.07) is 3.75. The van der Waals surface area contributed by atoms with Crippen LogP contribution in [0.5, 0.6) is 5.75 Å². The fraction of sp³-hybridized carbons (Fsp3) is 0.125. The van der Waals surface area contributed by atoms with Crippen LogP contribution in [0.1, 0.15) is 0 Å². The van der Waals surface area contributed by atoms with E-state index >= 15 is 0 Å². The van der Waals surface area contributed by atoms with Crippen molar-refractivity contribution in [3.05, 3.63) is 18.5 Å². The summed E-state index contributed by atoms with van der Waals surface area (Å²) in [5.74, 6) is 0.749. The molecule has 0 saturated heterocycles. The maximum absolute atomic E-state index is 5.14. The molecule has 0 aliphatic heterocycles. The molecule has 0 aliphatic carbocycles. The summed E-state index contributed by atoms with van der Waals surface area (Å²) in [4.78, 5) is 7.98. The molecule has 0 amide bonds. The van der Waals surface area contributed by atoms with Crippen LogP contribution in [0.25, 0.3) is 11.0 Å². The lowest BCUT2D eigenvalue weighted by atomic mass is 10.3. The second-order valence-electron chi connectivity index (χ2n) is 2.45. The highest BCUT2D eigenvalue weighted by atomic mass is 32.1. The van der Waals surface area contributed by atoms with E-state index in [9.17, 15) is 0 Å². The van der Waals surface area contributed by atoms with Crippen LogP contribution in [0.3, 0.4) is 0 Å². The van der Waals surface area contributed by atoms with E-state index in [0.29, 0.717) is 0 Å². The van der Waals surface area contributed by atoms with Crippen LogP contribution in [0.4, 0.5) is 0 Å². The van der Waals surface area contributed by atoms with Gasteiger partial charge in [0.05, 0.1) is 19.0 Å².